The van der Waals surface area contributed by atoms with E-state index >= 15 is 0 Å². The van der Waals surface area contributed by atoms with Crippen LogP contribution in [0.4, 0.5) is 0 Å². The topological polar surface area (TPSA) is 68.3 Å². The van der Waals surface area contributed by atoms with E-state index in [-0.39, 0.29) is 29.1 Å². The van der Waals surface area contributed by atoms with Gasteiger partial charge in [0.05, 0.1) is 0 Å². The van der Waals surface area contributed by atoms with Gasteiger partial charge in [0.25, 0.3) is 0 Å². The summed E-state index contributed by atoms with van der Waals surface area (Å²) in [6.45, 7) is 6.75. The number of hydrogen-bond acceptors (Lipinski definition) is 4. The Morgan fingerprint density at radius 1 is 0.700 bits per heavy atom. The van der Waals surface area contributed by atoms with Crippen molar-refractivity contribution in [3.8, 4) is 12.3 Å². The first-order chi connectivity index (χ1) is 14.2. The van der Waals surface area contributed by atoms with E-state index in [0.29, 0.717) is 27.9 Å². The number of carbonyl (C=O) groups is 4. The molecule has 0 spiro atoms. The number of hydrogen-bond donors (Lipinski definition) is 0. The zero-order chi connectivity index (χ0) is 21.7. The van der Waals surface area contributed by atoms with Gasteiger partial charge in [-0.05, 0) is 73.6 Å². The van der Waals surface area contributed by atoms with Gasteiger partial charge >= 0.3 is 0 Å². The molecule has 0 bridgehead atoms. The zero-order valence-corrected chi connectivity index (χ0v) is 17.4. The highest BCUT2D eigenvalue weighted by molar-refractivity contribution is 6.21. The first kappa shape index (κ1) is 18.9. The minimum atomic E-state index is -0.814. The molecule has 150 valence electrons. The van der Waals surface area contributed by atoms with Crippen molar-refractivity contribution in [1.29, 1.82) is 0 Å². The van der Waals surface area contributed by atoms with Crippen LogP contribution in [0.1, 0.15) is 38.8 Å². The molecule has 0 amide bonds. The van der Waals surface area contributed by atoms with E-state index in [4.69, 9.17) is 6.42 Å². The maximum absolute atomic E-state index is 13.4. The Morgan fingerprint density at radius 3 is 1.50 bits per heavy atom. The molecule has 4 aliphatic carbocycles. The number of Topliss-reactive ketones (excluding diaryl/α,β-unsaturated/α-hetero) is 4. The Bertz CT molecular complexity index is 1120. The highest BCUT2D eigenvalue weighted by Gasteiger charge is 2.83. The minimum absolute atomic E-state index is 0.0550. The van der Waals surface area contributed by atoms with Crippen LogP contribution >= 0.6 is 0 Å². The van der Waals surface area contributed by atoms with Crippen molar-refractivity contribution in [2.45, 2.75) is 33.1 Å². The third-order valence-electron chi connectivity index (χ3n) is 8.40. The molecular formula is C26H22O4. The second-order valence-electron chi connectivity index (χ2n) is 9.14. The molecule has 4 aliphatic rings. The molecule has 0 N–H and O–H groups in total. The van der Waals surface area contributed by atoms with E-state index in [1.165, 1.54) is 0 Å². The number of ketones is 4. The Labute approximate surface area is 175 Å². The number of rotatable bonds is 1. The van der Waals surface area contributed by atoms with Gasteiger partial charge in [-0.2, -0.15) is 0 Å². The fourth-order valence-corrected chi connectivity index (χ4v) is 6.70. The average molecular weight is 398 g/mol. The second kappa shape index (κ2) is 5.76. The van der Waals surface area contributed by atoms with Gasteiger partial charge in [-0.25, -0.2) is 0 Å². The first-order valence-corrected chi connectivity index (χ1v) is 10.3. The summed E-state index contributed by atoms with van der Waals surface area (Å²) in [6.07, 6.45) is 5.50. The van der Waals surface area contributed by atoms with Crippen molar-refractivity contribution in [1.82, 2.24) is 0 Å². The van der Waals surface area contributed by atoms with Crippen LogP contribution in [0.2, 0.25) is 0 Å². The van der Waals surface area contributed by atoms with Crippen LogP contribution in [0, 0.1) is 41.9 Å². The molecule has 0 aliphatic heterocycles. The molecule has 0 aromatic heterocycles. The maximum Gasteiger partial charge on any atom is 0.163 e. The Morgan fingerprint density at radius 2 is 1.10 bits per heavy atom. The maximum atomic E-state index is 13.4. The third-order valence-corrected chi connectivity index (χ3v) is 8.40. The van der Waals surface area contributed by atoms with Crippen molar-refractivity contribution in [3.63, 3.8) is 0 Å². The largest absolute Gasteiger partial charge is 0.294 e. The predicted octanol–water partition coefficient (Wildman–Crippen LogP) is 2.99. The summed E-state index contributed by atoms with van der Waals surface area (Å²) in [4.78, 5) is 53.1. The molecule has 4 heteroatoms. The number of benzene rings is 1. The van der Waals surface area contributed by atoms with E-state index in [2.05, 4.69) is 5.92 Å². The van der Waals surface area contributed by atoms with Crippen molar-refractivity contribution < 1.29 is 19.2 Å². The van der Waals surface area contributed by atoms with Gasteiger partial charge in [-0.3, -0.25) is 19.2 Å². The molecule has 2 fully saturated rings. The van der Waals surface area contributed by atoms with Crippen molar-refractivity contribution in [3.05, 3.63) is 57.7 Å². The van der Waals surface area contributed by atoms with Crippen molar-refractivity contribution in [2.75, 3.05) is 0 Å². The lowest BCUT2D eigenvalue weighted by atomic mass is 9.24. The normalized spacial score (nSPS) is 37.1. The van der Waals surface area contributed by atoms with Gasteiger partial charge in [-0.1, -0.05) is 18.1 Å². The monoisotopic (exact) mass is 398 g/mol. The van der Waals surface area contributed by atoms with Crippen LogP contribution in [0.15, 0.2) is 46.6 Å². The molecule has 4 unspecified atom stereocenters. The zero-order valence-electron chi connectivity index (χ0n) is 17.4. The van der Waals surface area contributed by atoms with Crippen LogP contribution in [-0.4, -0.2) is 23.1 Å². The van der Waals surface area contributed by atoms with Crippen LogP contribution < -0.4 is 0 Å². The molecule has 4 atom stereocenters. The molecule has 5 rings (SSSR count). The molecular weight excluding hydrogens is 376 g/mol. The number of carbonyl (C=O) groups excluding carboxylic acids is 4. The molecule has 1 aromatic carbocycles. The fourth-order valence-electron chi connectivity index (χ4n) is 6.70. The summed E-state index contributed by atoms with van der Waals surface area (Å²) in [7, 11) is 0. The Hall–Kier alpha value is -3.06. The smallest absolute Gasteiger partial charge is 0.163 e. The SMILES string of the molecule is C#Cc1ccc(C23C4C(=O)C(C)=C(C)C(=O)C4C2C2C(=O)C(C)=C(C)C(=O)C23)cc1. The Kier molecular flexibility index (Phi) is 3.63. The molecule has 0 radical (unpaired) electrons. The molecule has 0 heterocycles. The van der Waals surface area contributed by atoms with Gasteiger partial charge in [-0.15, -0.1) is 6.42 Å². The van der Waals surface area contributed by atoms with Crippen LogP contribution in [0.25, 0.3) is 0 Å². The summed E-state index contributed by atoms with van der Waals surface area (Å²) >= 11 is 0. The number of allylic oxidation sites excluding steroid dienone is 4. The lowest BCUT2D eigenvalue weighted by molar-refractivity contribution is -0.221. The van der Waals surface area contributed by atoms with E-state index in [0.717, 1.165) is 5.56 Å². The van der Waals surface area contributed by atoms with Crippen LogP contribution in [0.5, 0.6) is 0 Å². The summed E-state index contributed by atoms with van der Waals surface area (Å²) < 4.78 is 0. The summed E-state index contributed by atoms with van der Waals surface area (Å²) in [5, 5.41) is 0. The van der Waals surface area contributed by atoms with Crippen LogP contribution in [-0.2, 0) is 24.6 Å². The minimum Gasteiger partial charge on any atom is -0.294 e. The summed E-state index contributed by atoms with van der Waals surface area (Å²) in [5.41, 5.74) is 2.64. The summed E-state index contributed by atoms with van der Waals surface area (Å²) in [6, 6.07) is 7.33. The molecule has 4 nitrogen and oxygen atoms in total. The first-order valence-electron chi connectivity index (χ1n) is 10.3. The molecule has 2 saturated carbocycles. The molecule has 30 heavy (non-hydrogen) atoms. The van der Waals surface area contributed by atoms with E-state index in [1.54, 1.807) is 39.8 Å². The second-order valence-corrected chi connectivity index (χ2v) is 9.14. The third kappa shape index (κ3) is 1.81. The highest BCUT2D eigenvalue weighted by Crippen LogP contribution is 2.76. The number of terminal acetylenes is 1. The standard InChI is InChI=1S/C26H22O4/c1-6-15-7-9-16(10-8-15)26-19(17-20(26)24(29)13(4)11(2)22(17)27)18-21(26)25(30)14(5)12(3)23(18)28/h1,7-10,17-21H,2-5H3. The van der Waals surface area contributed by atoms with Gasteiger partial charge in [0, 0.05) is 34.7 Å². The van der Waals surface area contributed by atoms with Gasteiger partial charge in [0.2, 0.25) is 0 Å². The Balaban J connectivity index is 1.76. The van der Waals surface area contributed by atoms with E-state index in [1.807, 2.05) is 12.1 Å². The van der Waals surface area contributed by atoms with Gasteiger partial charge in [0.15, 0.2) is 23.1 Å². The average Bonchev–Trinajstić information content (AvgIpc) is 2.74. The van der Waals surface area contributed by atoms with Crippen LogP contribution in [0.3, 0.4) is 0 Å². The lowest BCUT2D eigenvalue weighted by Crippen LogP contribution is -2.83. The predicted molar refractivity (Wildman–Crippen MR) is 110 cm³/mol. The fraction of sp³-hybridized carbons (Fsp3) is 0.385. The van der Waals surface area contributed by atoms with Gasteiger partial charge in [0.1, 0.15) is 0 Å². The van der Waals surface area contributed by atoms with E-state index < -0.39 is 29.1 Å². The summed E-state index contributed by atoms with van der Waals surface area (Å²) in [5.74, 6) is -0.256. The molecule has 0 saturated heterocycles. The van der Waals surface area contributed by atoms with Crippen molar-refractivity contribution >= 4 is 23.1 Å². The van der Waals surface area contributed by atoms with Gasteiger partial charge < -0.3 is 0 Å². The number of fused-ring (bicyclic) bond motifs is 7. The lowest BCUT2D eigenvalue weighted by Gasteiger charge is -2.75. The molecule has 1 aromatic rings. The van der Waals surface area contributed by atoms with Crippen molar-refractivity contribution in [2.24, 2.45) is 29.6 Å². The van der Waals surface area contributed by atoms with E-state index in [9.17, 15) is 19.2 Å². The quantitative estimate of drug-likeness (QED) is 0.682. The highest BCUT2D eigenvalue weighted by atomic mass is 16.2.